The molecule has 0 unspecified atom stereocenters. The summed E-state index contributed by atoms with van der Waals surface area (Å²) >= 11 is 0. The largest absolute Gasteiger partial charge is 0.351 e. The molecule has 3 aromatic rings. The highest BCUT2D eigenvalue weighted by Gasteiger charge is 2.50. The van der Waals surface area contributed by atoms with E-state index in [0.717, 1.165) is 29.7 Å². The number of rotatable bonds is 5. The fourth-order valence-electron chi connectivity index (χ4n) is 3.05. The lowest BCUT2D eigenvalue weighted by Gasteiger charge is -2.15. The van der Waals surface area contributed by atoms with Gasteiger partial charge in [0.25, 0.3) is 0 Å². The van der Waals surface area contributed by atoms with E-state index in [2.05, 4.69) is 10.4 Å². The van der Waals surface area contributed by atoms with Gasteiger partial charge in [0.15, 0.2) is 0 Å². The summed E-state index contributed by atoms with van der Waals surface area (Å²) in [7, 11) is 0. The minimum Gasteiger partial charge on any atom is -0.351 e. The summed E-state index contributed by atoms with van der Waals surface area (Å²) in [5.41, 5.74) is 2.80. The molecule has 4 heteroatoms. The van der Waals surface area contributed by atoms with E-state index in [1.54, 1.807) is 6.20 Å². The third-order valence-corrected chi connectivity index (χ3v) is 4.62. The standard InChI is InChI=1S/C20H19N3O/c24-19(20(11-12-20)17-7-3-1-4-8-17)21-13-16-14-22-23(15-16)18-9-5-2-6-10-18/h1-10,14-15H,11-13H2,(H,21,24). The van der Waals surface area contributed by atoms with Crippen LogP contribution in [0.2, 0.25) is 0 Å². The first kappa shape index (κ1) is 14.7. The quantitative estimate of drug-likeness (QED) is 0.785. The normalized spacial score (nSPS) is 15.0. The molecular formula is C20H19N3O. The predicted molar refractivity (Wildman–Crippen MR) is 92.8 cm³/mol. The van der Waals surface area contributed by atoms with Crippen LogP contribution in [-0.4, -0.2) is 15.7 Å². The van der Waals surface area contributed by atoms with E-state index in [1.807, 2.05) is 71.5 Å². The number of benzene rings is 2. The number of carbonyl (C=O) groups excluding carboxylic acids is 1. The van der Waals surface area contributed by atoms with Crippen molar-refractivity contribution in [2.75, 3.05) is 0 Å². The van der Waals surface area contributed by atoms with Crippen molar-refractivity contribution in [1.29, 1.82) is 0 Å². The molecule has 24 heavy (non-hydrogen) atoms. The van der Waals surface area contributed by atoms with Crippen LogP contribution in [0.4, 0.5) is 0 Å². The van der Waals surface area contributed by atoms with Crippen molar-refractivity contribution < 1.29 is 4.79 Å². The molecule has 0 aliphatic heterocycles. The van der Waals surface area contributed by atoms with Gasteiger partial charge in [0.05, 0.1) is 17.3 Å². The molecule has 1 aromatic heterocycles. The molecule has 4 rings (SSSR count). The Morgan fingerprint density at radius 2 is 1.71 bits per heavy atom. The maximum atomic E-state index is 12.6. The Morgan fingerprint density at radius 1 is 1.04 bits per heavy atom. The highest BCUT2D eigenvalue weighted by molar-refractivity contribution is 5.91. The van der Waals surface area contributed by atoms with Gasteiger partial charge in [-0.05, 0) is 30.5 Å². The first-order chi connectivity index (χ1) is 11.8. The molecule has 1 saturated carbocycles. The van der Waals surface area contributed by atoms with Gasteiger partial charge >= 0.3 is 0 Å². The molecule has 1 aliphatic rings. The zero-order valence-electron chi connectivity index (χ0n) is 13.4. The van der Waals surface area contributed by atoms with E-state index in [1.165, 1.54) is 0 Å². The summed E-state index contributed by atoms with van der Waals surface area (Å²) in [5, 5.41) is 7.44. The van der Waals surface area contributed by atoms with Gasteiger partial charge in [0.2, 0.25) is 5.91 Å². The number of amides is 1. The van der Waals surface area contributed by atoms with Gasteiger partial charge in [0.1, 0.15) is 0 Å². The molecule has 0 atom stereocenters. The fourth-order valence-corrected chi connectivity index (χ4v) is 3.05. The van der Waals surface area contributed by atoms with Gasteiger partial charge < -0.3 is 5.32 Å². The lowest BCUT2D eigenvalue weighted by molar-refractivity contribution is -0.123. The maximum Gasteiger partial charge on any atom is 0.230 e. The van der Waals surface area contributed by atoms with Crippen LogP contribution >= 0.6 is 0 Å². The number of hydrogen-bond donors (Lipinski definition) is 1. The Kier molecular flexibility index (Phi) is 3.65. The Balaban J connectivity index is 1.43. The predicted octanol–water partition coefficient (Wildman–Crippen LogP) is 3.22. The monoisotopic (exact) mass is 317 g/mol. The Morgan fingerprint density at radius 3 is 2.38 bits per heavy atom. The van der Waals surface area contributed by atoms with E-state index in [0.29, 0.717) is 6.54 Å². The van der Waals surface area contributed by atoms with Crippen molar-refractivity contribution in [2.45, 2.75) is 24.8 Å². The van der Waals surface area contributed by atoms with Crippen molar-refractivity contribution in [3.63, 3.8) is 0 Å². The van der Waals surface area contributed by atoms with Crippen molar-refractivity contribution in [3.05, 3.63) is 84.2 Å². The molecule has 0 saturated heterocycles. The third kappa shape index (κ3) is 2.71. The summed E-state index contributed by atoms with van der Waals surface area (Å²) in [5.74, 6) is 0.112. The van der Waals surface area contributed by atoms with E-state index < -0.39 is 0 Å². The van der Waals surface area contributed by atoms with Crippen molar-refractivity contribution in [2.24, 2.45) is 0 Å². The fraction of sp³-hybridized carbons (Fsp3) is 0.200. The van der Waals surface area contributed by atoms with Gasteiger partial charge in [-0.2, -0.15) is 5.10 Å². The average Bonchev–Trinajstić information content (AvgIpc) is 3.33. The van der Waals surface area contributed by atoms with Crippen LogP contribution in [0.3, 0.4) is 0 Å². The van der Waals surface area contributed by atoms with E-state index >= 15 is 0 Å². The molecular weight excluding hydrogens is 298 g/mol. The number of hydrogen-bond acceptors (Lipinski definition) is 2. The van der Waals surface area contributed by atoms with Gasteiger partial charge in [-0.15, -0.1) is 0 Å². The molecule has 120 valence electrons. The van der Waals surface area contributed by atoms with Crippen molar-refractivity contribution >= 4 is 5.91 Å². The molecule has 0 spiro atoms. The number of nitrogens with one attached hydrogen (secondary N) is 1. The molecule has 2 aromatic carbocycles. The van der Waals surface area contributed by atoms with Gasteiger partial charge in [-0.1, -0.05) is 48.5 Å². The SMILES string of the molecule is O=C(NCc1cnn(-c2ccccc2)c1)C1(c2ccccc2)CC1. The molecule has 1 aliphatic carbocycles. The second-order valence-electron chi connectivity index (χ2n) is 6.26. The molecule has 1 fully saturated rings. The second kappa shape index (κ2) is 5.96. The third-order valence-electron chi connectivity index (χ3n) is 4.62. The summed E-state index contributed by atoms with van der Waals surface area (Å²) in [6, 6.07) is 20.0. The minimum atomic E-state index is -0.323. The molecule has 1 amide bonds. The van der Waals surface area contributed by atoms with Crippen LogP contribution in [0.15, 0.2) is 73.1 Å². The van der Waals surface area contributed by atoms with Crippen molar-refractivity contribution in [3.8, 4) is 5.69 Å². The van der Waals surface area contributed by atoms with Crippen LogP contribution in [0.1, 0.15) is 24.0 Å². The van der Waals surface area contributed by atoms with Crippen LogP contribution in [0, 0.1) is 0 Å². The van der Waals surface area contributed by atoms with Crippen LogP contribution in [-0.2, 0) is 16.8 Å². The first-order valence-electron chi connectivity index (χ1n) is 8.21. The summed E-state index contributed by atoms with van der Waals surface area (Å²) in [4.78, 5) is 12.6. The van der Waals surface area contributed by atoms with Crippen LogP contribution < -0.4 is 5.32 Å². The Bertz CT molecular complexity index is 836. The number of nitrogens with zero attached hydrogens (tertiary/aromatic N) is 2. The van der Waals surface area contributed by atoms with E-state index in [-0.39, 0.29) is 11.3 Å². The van der Waals surface area contributed by atoms with Gasteiger partial charge in [-0.3, -0.25) is 4.79 Å². The van der Waals surface area contributed by atoms with Crippen molar-refractivity contribution in [1.82, 2.24) is 15.1 Å². The molecule has 1 heterocycles. The van der Waals surface area contributed by atoms with E-state index in [4.69, 9.17) is 0 Å². The van der Waals surface area contributed by atoms with Crippen LogP contribution in [0.25, 0.3) is 5.69 Å². The summed E-state index contributed by atoms with van der Waals surface area (Å²) in [6.07, 6.45) is 5.60. The summed E-state index contributed by atoms with van der Waals surface area (Å²) < 4.78 is 1.82. The Hall–Kier alpha value is -2.88. The highest BCUT2D eigenvalue weighted by atomic mass is 16.2. The lowest BCUT2D eigenvalue weighted by atomic mass is 9.95. The zero-order valence-corrected chi connectivity index (χ0v) is 13.4. The lowest BCUT2D eigenvalue weighted by Crippen LogP contribution is -2.34. The summed E-state index contributed by atoms with van der Waals surface area (Å²) in [6.45, 7) is 0.500. The first-order valence-corrected chi connectivity index (χ1v) is 8.21. The smallest absolute Gasteiger partial charge is 0.230 e. The highest BCUT2D eigenvalue weighted by Crippen LogP contribution is 2.48. The maximum absolute atomic E-state index is 12.6. The minimum absolute atomic E-state index is 0.112. The zero-order chi connectivity index (χ0) is 16.4. The number of para-hydroxylation sites is 1. The molecule has 0 bridgehead atoms. The molecule has 0 radical (unpaired) electrons. The number of carbonyl (C=O) groups is 1. The van der Waals surface area contributed by atoms with Gasteiger partial charge in [-0.25, -0.2) is 4.68 Å². The Labute approximate surface area is 141 Å². The average molecular weight is 317 g/mol. The second-order valence-corrected chi connectivity index (χ2v) is 6.26. The molecule has 4 nitrogen and oxygen atoms in total. The van der Waals surface area contributed by atoms with Crippen LogP contribution in [0.5, 0.6) is 0 Å². The van der Waals surface area contributed by atoms with E-state index in [9.17, 15) is 4.79 Å². The molecule has 1 N–H and O–H groups in total. The van der Waals surface area contributed by atoms with Gasteiger partial charge in [0, 0.05) is 18.3 Å². The topological polar surface area (TPSA) is 46.9 Å². The number of aromatic nitrogens is 2.